The molecule has 0 fully saturated rings. The fraction of sp³-hybridized carbons (Fsp3) is 0.333. The zero-order chi connectivity index (χ0) is 19.5. The van der Waals surface area contributed by atoms with E-state index in [1.807, 2.05) is 40.7 Å². The van der Waals surface area contributed by atoms with E-state index in [2.05, 4.69) is 21.2 Å². The second-order valence-corrected chi connectivity index (χ2v) is 9.74. The molecule has 0 saturated heterocycles. The van der Waals surface area contributed by atoms with E-state index < -0.39 is 15.6 Å². The van der Waals surface area contributed by atoms with E-state index in [4.69, 9.17) is 0 Å². The molecule has 1 amide bonds. The Hall–Kier alpha value is -2.45. The van der Waals surface area contributed by atoms with Gasteiger partial charge >= 0.3 is 0 Å². The van der Waals surface area contributed by atoms with Gasteiger partial charge in [0.2, 0.25) is 0 Å². The number of hydrogen-bond acceptors (Lipinski definition) is 3. The van der Waals surface area contributed by atoms with Crippen LogP contribution in [0.5, 0.6) is 0 Å². The lowest BCUT2D eigenvalue weighted by atomic mass is 9.97. The highest BCUT2D eigenvalue weighted by atomic mass is 32.2. The molecule has 0 bridgehead atoms. The van der Waals surface area contributed by atoms with E-state index in [1.165, 1.54) is 12.5 Å². The molecule has 1 heterocycles. The molecular weight excluding hydrogens is 344 g/mol. The third kappa shape index (κ3) is 5.53. The molecule has 0 N–H and O–H groups in total. The molecule has 2 rings (SSSR count). The Morgan fingerprint density at radius 3 is 2.27 bits per heavy atom. The Morgan fingerprint density at radius 1 is 1.08 bits per heavy atom. The molecule has 0 radical (unpaired) electrons. The van der Waals surface area contributed by atoms with Gasteiger partial charge in [0.05, 0.1) is 15.3 Å². The second kappa shape index (κ2) is 7.43. The fourth-order valence-corrected chi connectivity index (χ4v) is 3.64. The number of carbonyl (C=O) groups excluding carboxylic acids is 1. The number of benzene rings is 1. The lowest BCUT2D eigenvalue weighted by Gasteiger charge is -2.07. The van der Waals surface area contributed by atoms with Crippen LogP contribution in [-0.4, -0.2) is 21.4 Å². The number of hydrogen-bond donors (Lipinski definition) is 0. The van der Waals surface area contributed by atoms with Crippen LogP contribution in [0.1, 0.15) is 47.8 Å². The zero-order valence-electron chi connectivity index (χ0n) is 16.1. The molecule has 0 saturated carbocycles. The summed E-state index contributed by atoms with van der Waals surface area (Å²) in [6.45, 7) is 9.87. The van der Waals surface area contributed by atoms with Gasteiger partial charge in [0.15, 0.2) is 0 Å². The smallest absolute Gasteiger partial charge is 0.266 e. The minimum absolute atomic E-state index is 0.148. The van der Waals surface area contributed by atoms with Crippen LogP contribution in [0.4, 0.5) is 0 Å². The van der Waals surface area contributed by atoms with Crippen LogP contribution in [0.25, 0.3) is 0 Å². The maximum atomic E-state index is 13.0. The van der Waals surface area contributed by atoms with Crippen molar-refractivity contribution in [2.45, 2.75) is 39.5 Å². The maximum Gasteiger partial charge on any atom is 0.286 e. The Labute approximate surface area is 156 Å². The molecule has 0 aliphatic carbocycles. The van der Waals surface area contributed by atoms with Crippen LogP contribution in [-0.2, 0) is 9.73 Å². The van der Waals surface area contributed by atoms with E-state index in [1.54, 1.807) is 24.4 Å². The highest BCUT2D eigenvalue weighted by molar-refractivity contribution is 7.93. The van der Waals surface area contributed by atoms with Gasteiger partial charge < -0.3 is 0 Å². The minimum atomic E-state index is -2.84. The van der Waals surface area contributed by atoms with E-state index in [9.17, 15) is 9.00 Å². The molecule has 5 heteroatoms. The fourth-order valence-electron chi connectivity index (χ4n) is 2.30. The first-order valence-electron chi connectivity index (χ1n) is 8.29. The molecule has 136 valence electrons. The van der Waals surface area contributed by atoms with Gasteiger partial charge in [0.25, 0.3) is 5.91 Å². The lowest BCUT2D eigenvalue weighted by Crippen LogP contribution is -2.05. The van der Waals surface area contributed by atoms with E-state index in [-0.39, 0.29) is 11.0 Å². The summed E-state index contributed by atoms with van der Waals surface area (Å²) in [7, 11) is -2.84. The van der Waals surface area contributed by atoms with Gasteiger partial charge in [-0.05, 0) is 63.9 Å². The predicted octanol–water partition coefficient (Wildman–Crippen LogP) is 4.39. The second-order valence-electron chi connectivity index (χ2n) is 7.48. The van der Waals surface area contributed by atoms with Crippen molar-refractivity contribution in [1.29, 1.82) is 0 Å². The largest absolute Gasteiger partial charge is 0.286 e. The molecule has 0 aliphatic heterocycles. The zero-order valence-corrected chi connectivity index (χ0v) is 16.9. The SMILES string of the molecule is Cc1cc(C)cc(S(C)(=O)=NC(=O)c2cncc(C#CC(C)(C)C)c2)c1. The molecule has 1 aromatic carbocycles. The average molecular weight is 369 g/mol. The maximum absolute atomic E-state index is 13.0. The Kier molecular flexibility index (Phi) is 5.68. The molecule has 0 spiro atoms. The average Bonchev–Trinajstić information content (AvgIpc) is 2.51. The minimum Gasteiger partial charge on any atom is -0.266 e. The normalized spacial score (nSPS) is 13.3. The third-order valence-electron chi connectivity index (χ3n) is 3.46. The number of aryl methyl sites for hydroxylation is 2. The highest BCUT2D eigenvalue weighted by Crippen LogP contribution is 2.17. The lowest BCUT2D eigenvalue weighted by molar-refractivity contribution is 0.100. The molecule has 1 aromatic heterocycles. The van der Waals surface area contributed by atoms with Crippen molar-refractivity contribution < 1.29 is 9.00 Å². The summed E-state index contributed by atoms with van der Waals surface area (Å²) < 4.78 is 17.0. The third-order valence-corrected chi connectivity index (χ3v) is 5.08. The first-order valence-corrected chi connectivity index (χ1v) is 10.2. The summed E-state index contributed by atoms with van der Waals surface area (Å²) in [5.41, 5.74) is 2.74. The number of carbonyl (C=O) groups is 1. The topological polar surface area (TPSA) is 59.4 Å². The number of amides is 1. The molecule has 2 aromatic rings. The summed E-state index contributed by atoms with van der Waals surface area (Å²) in [6, 6.07) is 7.22. The van der Waals surface area contributed by atoms with E-state index in [0.29, 0.717) is 10.5 Å². The van der Waals surface area contributed by atoms with Crippen LogP contribution in [0.3, 0.4) is 0 Å². The van der Waals surface area contributed by atoms with Crippen molar-refractivity contribution in [2.24, 2.45) is 9.78 Å². The van der Waals surface area contributed by atoms with Gasteiger partial charge in [-0.25, -0.2) is 4.21 Å². The van der Waals surface area contributed by atoms with Crippen molar-refractivity contribution in [3.8, 4) is 11.8 Å². The van der Waals surface area contributed by atoms with Gasteiger partial charge in [-0.2, -0.15) is 4.36 Å². The predicted molar refractivity (Wildman–Crippen MR) is 106 cm³/mol. The first-order chi connectivity index (χ1) is 12.0. The van der Waals surface area contributed by atoms with Crippen LogP contribution >= 0.6 is 0 Å². The monoisotopic (exact) mass is 368 g/mol. The van der Waals surface area contributed by atoms with E-state index in [0.717, 1.165) is 11.1 Å². The van der Waals surface area contributed by atoms with Gasteiger partial charge in [-0.3, -0.25) is 9.78 Å². The summed E-state index contributed by atoms with van der Waals surface area (Å²) in [4.78, 5) is 17.1. The quantitative estimate of drug-likeness (QED) is 0.739. The first kappa shape index (κ1) is 19.9. The molecule has 26 heavy (non-hydrogen) atoms. The van der Waals surface area contributed by atoms with Crippen molar-refractivity contribution >= 4 is 15.6 Å². The number of pyridine rings is 1. The Bertz CT molecular complexity index is 1010. The summed E-state index contributed by atoms with van der Waals surface area (Å²) in [5, 5.41) is 0. The summed E-state index contributed by atoms with van der Waals surface area (Å²) >= 11 is 0. The van der Waals surface area contributed by atoms with Gasteiger partial charge in [-0.15, -0.1) is 0 Å². The van der Waals surface area contributed by atoms with Crippen molar-refractivity contribution in [3.05, 3.63) is 58.9 Å². The van der Waals surface area contributed by atoms with Crippen LogP contribution in [0.2, 0.25) is 0 Å². The van der Waals surface area contributed by atoms with Gasteiger partial charge in [0, 0.05) is 34.5 Å². The number of aromatic nitrogens is 1. The van der Waals surface area contributed by atoms with Gasteiger partial charge in [0.1, 0.15) is 0 Å². The Morgan fingerprint density at radius 2 is 1.69 bits per heavy atom. The number of rotatable bonds is 2. The molecule has 0 aliphatic rings. The summed E-state index contributed by atoms with van der Waals surface area (Å²) in [6.07, 6.45) is 4.50. The van der Waals surface area contributed by atoms with Crippen molar-refractivity contribution in [1.82, 2.24) is 4.98 Å². The van der Waals surface area contributed by atoms with Crippen LogP contribution in [0, 0.1) is 31.1 Å². The molecule has 1 unspecified atom stereocenters. The van der Waals surface area contributed by atoms with Crippen molar-refractivity contribution in [3.63, 3.8) is 0 Å². The van der Waals surface area contributed by atoms with Crippen LogP contribution < -0.4 is 0 Å². The van der Waals surface area contributed by atoms with E-state index >= 15 is 0 Å². The molecular formula is C21H24N2O2S. The molecule has 1 atom stereocenters. The van der Waals surface area contributed by atoms with Crippen molar-refractivity contribution in [2.75, 3.05) is 6.26 Å². The van der Waals surface area contributed by atoms with Gasteiger partial charge in [-0.1, -0.05) is 17.9 Å². The van der Waals surface area contributed by atoms with Crippen LogP contribution in [0.15, 0.2) is 45.9 Å². The highest BCUT2D eigenvalue weighted by Gasteiger charge is 2.13. The molecule has 4 nitrogen and oxygen atoms in total. The number of nitrogens with zero attached hydrogens (tertiary/aromatic N) is 2. The Balaban J connectivity index is 2.41. The summed E-state index contributed by atoms with van der Waals surface area (Å²) in [5.74, 6) is 5.56. The standard InChI is InChI=1S/C21H24N2O2S/c1-15-9-16(2)11-19(10-15)26(6,25)23-20(24)18-12-17(13-22-14-18)7-8-21(3,4)5/h9-14H,1-6H3.